The minimum atomic E-state index is -0.278. The molecule has 116 valence electrons. The van der Waals surface area contributed by atoms with Gasteiger partial charge in [-0.05, 0) is 43.1 Å². The molecule has 3 heteroatoms. The molecule has 0 spiro atoms. The first-order valence-corrected chi connectivity index (χ1v) is 7.59. The number of carbonyl (C=O) groups is 1. The Balaban J connectivity index is 1.81. The van der Waals surface area contributed by atoms with Gasteiger partial charge in [-0.3, -0.25) is 0 Å². The summed E-state index contributed by atoms with van der Waals surface area (Å²) in [5, 5.41) is 0. The zero-order valence-corrected chi connectivity index (χ0v) is 13.3. The summed E-state index contributed by atoms with van der Waals surface area (Å²) in [5.74, 6) is -0.278. The van der Waals surface area contributed by atoms with Gasteiger partial charge in [-0.15, -0.1) is 0 Å². The monoisotopic (exact) mass is 297 g/mol. The van der Waals surface area contributed by atoms with Crippen molar-refractivity contribution < 1.29 is 9.53 Å². The fraction of sp³-hybridized carbons (Fsp3) is 0.316. The Morgan fingerprint density at radius 1 is 0.955 bits per heavy atom. The molecule has 0 unspecified atom stereocenters. The van der Waals surface area contributed by atoms with Gasteiger partial charge in [0.15, 0.2) is 0 Å². The van der Waals surface area contributed by atoms with E-state index in [2.05, 4.69) is 42.3 Å². The summed E-state index contributed by atoms with van der Waals surface area (Å²) in [7, 11) is 3.54. The topological polar surface area (TPSA) is 29.5 Å². The standard InChI is InChI=1S/C19H23NO2/c1-20(13-11-16-7-4-3-5-8-16)14-12-17-9-6-10-18(15-17)19(21)22-2/h3-10,15H,11-14H2,1-2H3. The SMILES string of the molecule is COC(=O)c1cccc(CCN(C)CCc2ccccc2)c1. The number of hydrogen-bond acceptors (Lipinski definition) is 3. The lowest BCUT2D eigenvalue weighted by molar-refractivity contribution is 0.0600. The molecule has 3 nitrogen and oxygen atoms in total. The Kier molecular flexibility index (Phi) is 6.16. The van der Waals surface area contributed by atoms with Gasteiger partial charge in [0.05, 0.1) is 12.7 Å². The van der Waals surface area contributed by atoms with E-state index in [1.807, 2.05) is 18.2 Å². The van der Waals surface area contributed by atoms with Crippen molar-refractivity contribution >= 4 is 5.97 Å². The molecule has 0 amide bonds. The van der Waals surface area contributed by atoms with Gasteiger partial charge in [0, 0.05) is 13.1 Å². The van der Waals surface area contributed by atoms with E-state index in [4.69, 9.17) is 4.74 Å². The molecule has 0 aliphatic heterocycles. The van der Waals surface area contributed by atoms with Gasteiger partial charge in [0.2, 0.25) is 0 Å². The first-order valence-electron chi connectivity index (χ1n) is 7.59. The molecule has 0 saturated heterocycles. The number of ether oxygens (including phenoxy) is 1. The van der Waals surface area contributed by atoms with Gasteiger partial charge >= 0.3 is 5.97 Å². The molecular weight excluding hydrogens is 274 g/mol. The van der Waals surface area contributed by atoms with Gasteiger partial charge in [-0.1, -0.05) is 42.5 Å². The van der Waals surface area contributed by atoms with E-state index in [0.29, 0.717) is 5.56 Å². The second-order valence-corrected chi connectivity index (χ2v) is 5.48. The van der Waals surface area contributed by atoms with E-state index in [0.717, 1.165) is 31.5 Å². The van der Waals surface area contributed by atoms with Gasteiger partial charge in [0.1, 0.15) is 0 Å². The summed E-state index contributed by atoms with van der Waals surface area (Å²) in [6.45, 7) is 2.00. The van der Waals surface area contributed by atoms with Crippen molar-refractivity contribution in [3.05, 3.63) is 71.3 Å². The van der Waals surface area contributed by atoms with E-state index in [1.54, 1.807) is 6.07 Å². The molecule has 22 heavy (non-hydrogen) atoms. The maximum absolute atomic E-state index is 11.5. The first-order chi connectivity index (χ1) is 10.7. The van der Waals surface area contributed by atoms with Crippen LogP contribution in [0.3, 0.4) is 0 Å². The summed E-state index contributed by atoms with van der Waals surface area (Å²) in [6.07, 6.45) is 1.98. The predicted octanol–water partition coefficient (Wildman–Crippen LogP) is 3.19. The van der Waals surface area contributed by atoms with Crippen LogP contribution in [0.15, 0.2) is 54.6 Å². The highest BCUT2D eigenvalue weighted by atomic mass is 16.5. The predicted molar refractivity (Wildman–Crippen MR) is 89.1 cm³/mol. The summed E-state index contributed by atoms with van der Waals surface area (Å²) in [4.78, 5) is 13.8. The van der Waals surface area contributed by atoms with E-state index in [1.165, 1.54) is 12.7 Å². The van der Waals surface area contributed by atoms with Crippen molar-refractivity contribution in [2.24, 2.45) is 0 Å². The van der Waals surface area contributed by atoms with Crippen molar-refractivity contribution in [1.29, 1.82) is 0 Å². The normalized spacial score (nSPS) is 10.7. The zero-order valence-electron chi connectivity index (χ0n) is 13.3. The molecule has 0 aliphatic carbocycles. The molecule has 0 atom stereocenters. The Labute approximate surface area is 132 Å². The Morgan fingerprint density at radius 3 is 2.27 bits per heavy atom. The average molecular weight is 297 g/mol. The molecule has 0 heterocycles. The van der Waals surface area contributed by atoms with Crippen molar-refractivity contribution in [2.75, 3.05) is 27.2 Å². The molecule has 0 radical (unpaired) electrons. The van der Waals surface area contributed by atoms with Gasteiger partial charge < -0.3 is 9.64 Å². The van der Waals surface area contributed by atoms with Crippen LogP contribution in [0.1, 0.15) is 21.5 Å². The summed E-state index contributed by atoms with van der Waals surface area (Å²) in [6, 6.07) is 18.2. The van der Waals surface area contributed by atoms with Crippen LogP contribution in [-0.2, 0) is 17.6 Å². The fourth-order valence-electron chi connectivity index (χ4n) is 2.37. The Bertz CT molecular complexity index is 595. The number of hydrogen-bond donors (Lipinski definition) is 0. The van der Waals surface area contributed by atoms with Crippen molar-refractivity contribution in [2.45, 2.75) is 12.8 Å². The maximum atomic E-state index is 11.5. The van der Waals surface area contributed by atoms with Crippen LogP contribution < -0.4 is 0 Å². The molecule has 0 bridgehead atoms. The zero-order chi connectivity index (χ0) is 15.8. The smallest absolute Gasteiger partial charge is 0.337 e. The third-order valence-electron chi connectivity index (χ3n) is 3.76. The van der Waals surface area contributed by atoms with Crippen molar-refractivity contribution in [3.63, 3.8) is 0 Å². The number of rotatable bonds is 7. The molecule has 0 N–H and O–H groups in total. The van der Waals surface area contributed by atoms with Crippen LogP contribution in [0, 0.1) is 0 Å². The second-order valence-electron chi connectivity index (χ2n) is 5.48. The Morgan fingerprint density at radius 2 is 1.59 bits per heavy atom. The molecule has 2 aromatic rings. The molecule has 2 rings (SSSR count). The molecule has 0 fully saturated rings. The number of esters is 1. The van der Waals surface area contributed by atoms with Crippen LogP contribution in [0.25, 0.3) is 0 Å². The number of benzene rings is 2. The van der Waals surface area contributed by atoms with E-state index in [9.17, 15) is 4.79 Å². The van der Waals surface area contributed by atoms with Gasteiger partial charge in [-0.2, -0.15) is 0 Å². The van der Waals surface area contributed by atoms with E-state index >= 15 is 0 Å². The van der Waals surface area contributed by atoms with Crippen LogP contribution in [0.4, 0.5) is 0 Å². The fourth-order valence-corrected chi connectivity index (χ4v) is 2.37. The van der Waals surface area contributed by atoms with Crippen molar-refractivity contribution in [3.8, 4) is 0 Å². The highest BCUT2D eigenvalue weighted by molar-refractivity contribution is 5.89. The summed E-state index contributed by atoms with van der Waals surface area (Å²) in [5.41, 5.74) is 3.14. The third-order valence-corrected chi connectivity index (χ3v) is 3.76. The minimum Gasteiger partial charge on any atom is -0.465 e. The van der Waals surface area contributed by atoms with Crippen LogP contribution in [0.5, 0.6) is 0 Å². The number of likely N-dealkylation sites (N-methyl/N-ethyl adjacent to an activating group) is 1. The summed E-state index contributed by atoms with van der Waals surface area (Å²) < 4.78 is 4.76. The lowest BCUT2D eigenvalue weighted by atomic mass is 10.1. The van der Waals surface area contributed by atoms with Gasteiger partial charge in [-0.25, -0.2) is 4.79 Å². The summed E-state index contributed by atoms with van der Waals surface area (Å²) >= 11 is 0. The van der Waals surface area contributed by atoms with Crippen LogP contribution in [0.2, 0.25) is 0 Å². The lowest BCUT2D eigenvalue weighted by Crippen LogP contribution is -2.23. The highest BCUT2D eigenvalue weighted by Crippen LogP contribution is 2.08. The van der Waals surface area contributed by atoms with Crippen LogP contribution in [-0.4, -0.2) is 38.1 Å². The van der Waals surface area contributed by atoms with Crippen LogP contribution >= 0.6 is 0 Å². The van der Waals surface area contributed by atoms with E-state index < -0.39 is 0 Å². The second kappa shape index (κ2) is 8.35. The van der Waals surface area contributed by atoms with E-state index in [-0.39, 0.29) is 5.97 Å². The largest absolute Gasteiger partial charge is 0.465 e. The number of carbonyl (C=O) groups excluding carboxylic acids is 1. The maximum Gasteiger partial charge on any atom is 0.337 e. The number of nitrogens with zero attached hydrogens (tertiary/aromatic N) is 1. The van der Waals surface area contributed by atoms with Crippen molar-refractivity contribution in [1.82, 2.24) is 4.90 Å². The Hall–Kier alpha value is -2.13. The average Bonchev–Trinajstić information content (AvgIpc) is 2.58. The lowest BCUT2D eigenvalue weighted by Gasteiger charge is -2.16. The molecule has 0 aliphatic rings. The molecule has 0 saturated carbocycles. The van der Waals surface area contributed by atoms with Gasteiger partial charge in [0.25, 0.3) is 0 Å². The molecule has 2 aromatic carbocycles. The first kappa shape index (κ1) is 16.2. The molecule has 0 aromatic heterocycles. The number of methoxy groups -OCH3 is 1. The minimum absolute atomic E-state index is 0.278. The quantitative estimate of drug-likeness (QED) is 0.735. The third kappa shape index (κ3) is 5.01. The molecular formula is C19H23NO2. The highest BCUT2D eigenvalue weighted by Gasteiger charge is 2.06.